The zero-order valence-corrected chi connectivity index (χ0v) is 15.1. The number of rotatable bonds is 3. The highest BCUT2D eigenvalue weighted by molar-refractivity contribution is 7.90. The molecule has 0 N–H and O–H groups in total. The third-order valence-electron chi connectivity index (χ3n) is 4.22. The second-order valence-corrected chi connectivity index (χ2v) is 8.86. The van der Waals surface area contributed by atoms with Crippen molar-refractivity contribution < 1.29 is 8.42 Å². The molecule has 0 saturated heterocycles. The minimum absolute atomic E-state index is 0.295. The van der Waals surface area contributed by atoms with Crippen molar-refractivity contribution in [1.82, 2.24) is 4.98 Å². The van der Waals surface area contributed by atoms with Crippen molar-refractivity contribution in [1.29, 1.82) is 5.26 Å². The summed E-state index contributed by atoms with van der Waals surface area (Å²) in [6, 6.07) is 9.03. The molecule has 1 aromatic heterocycles. The molecule has 0 amide bonds. The first-order chi connectivity index (χ1) is 11.5. The molecule has 1 saturated carbocycles. The quantitative estimate of drug-likeness (QED) is 0.760. The fourth-order valence-corrected chi connectivity index (χ4v) is 4.40. The van der Waals surface area contributed by atoms with Crippen LogP contribution in [0.25, 0.3) is 16.8 Å². The summed E-state index contributed by atoms with van der Waals surface area (Å²) in [7, 11) is -3.20. The Balaban J connectivity index is 1.92. The Hall–Kier alpha value is -1.97. The van der Waals surface area contributed by atoms with Crippen molar-refractivity contribution in [3.05, 3.63) is 40.2 Å². The molecule has 3 rings (SSSR count). The number of benzene rings is 1. The van der Waals surface area contributed by atoms with E-state index in [1.54, 1.807) is 24.3 Å². The van der Waals surface area contributed by atoms with E-state index in [1.807, 2.05) is 5.38 Å². The molecule has 1 aliphatic rings. The van der Waals surface area contributed by atoms with E-state index in [0.29, 0.717) is 4.90 Å². The van der Waals surface area contributed by atoms with Crippen molar-refractivity contribution in [2.24, 2.45) is 0 Å². The van der Waals surface area contributed by atoms with Crippen LogP contribution in [0.2, 0.25) is 0 Å². The molecular weight excluding hydrogens is 340 g/mol. The first-order valence-electron chi connectivity index (χ1n) is 7.87. The van der Waals surface area contributed by atoms with Gasteiger partial charge in [-0.2, -0.15) is 5.26 Å². The van der Waals surface area contributed by atoms with Gasteiger partial charge >= 0.3 is 0 Å². The van der Waals surface area contributed by atoms with Crippen molar-refractivity contribution in [2.45, 2.75) is 37.0 Å². The predicted octanol–water partition coefficient (Wildman–Crippen LogP) is 4.45. The number of aromatic nitrogens is 1. The van der Waals surface area contributed by atoms with Gasteiger partial charge in [0.2, 0.25) is 0 Å². The molecule has 0 spiro atoms. The number of hydrogen-bond donors (Lipinski definition) is 0. The largest absolute Gasteiger partial charge is 0.235 e. The van der Waals surface area contributed by atoms with Gasteiger partial charge in [-0.05, 0) is 43.4 Å². The van der Waals surface area contributed by atoms with Crippen LogP contribution in [0.4, 0.5) is 0 Å². The van der Waals surface area contributed by atoms with E-state index in [4.69, 9.17) is 0 Å². The molecule has 0 bridgehead atoms. The number of nitriles is 1. The average Bonchev–Trinajstić information content (AvgIpc) is 3.06. The van der Waals surface area contributed by atoms with Gasteiger partial charge in [0.25, 0.3) is 0 Å². The van der Waals surface area contributed by atoms with Crippen LogP contribution < -0.4 is 0 Å². The number of thiazole rings is 1. The van der Waals surface area contributed by atoms with Gasteiger partial charge in [-0.3, -0.25) is 0 Å². The summed E-state index contributed by atoms with van der Waals surface area (Å²) in [5, 5.41) is 12.2. The molecule has 4 nitrogen and oxygen atoms in total. The number of allylic oxidation sites excluding steroid dienone is 2. The Morgan fingerprint density at radius 3 is 2.42 bits per heavy atom. The molecule has 24 heavy (non-hydrogen) atoms. The second kappa shape index (κ2) is 6.88. The molecule has 0 aliphatic heterocycles. The average molecular weight is 358 g/mol. The Bertz CT molecular complexity index is 909. The first kappa shape index (κ1) is 16.9. The molecule has 6 heteroatoms. The molecule has 124 valence electrons. The monoisotopic (exact) mass is 358 g/mol. The Morgan fingerprint density at radius 2 is 1.83 bits per heavy atom. The van der Waals surface area contributed by atoms with Gasteiger partial charge in [-0.1, -0.05) is 18.6 Å². The van der Waals surface area contributed by atoms with Crippen LogP contribution in [0.5, 0.6) is 0 Å². The molecule has 1 aromatic carbocycles. The predicted molar refractivity (Wildman–Crippen MR) is 96.3 cm³/mol. The van der Waals surface area contributed by atoms with E-state index in [2.05, 4.69) is 11.1 Å². The standard InChI is InChI=1S/C18H18N2O2S2/c1-24(21,22)15-9-7-14(8-10-15)17-12-23-18(20-17)16(11-19)13-5-3-2-4-6-13/h7-10,12H,2-6H2,1H3. The zero-order chi connectivity index (χ0) is 17.2. The fraction of sp³-hybridized carbons (Fsp3) is 0.333. The summed E-state index contributed by atoms with van der Waals surface area (Å²) in [5.41, 5.74) is 3.57. The van der Waals surface area contributed by atoms with E-state index in [-0.39, 0.29) is 0 Å². The number of nitrogens with zero attached hydrogens (tertiary/aromatic N) is 2. The molecule has 0 radical (unpaired) electrons. The van der Waals surface area contributed by atoms with Gasteiger partial charge < -0.3 is 0 Å². The van der Waals surface area contributed by atoms with Gasteiger partial charge in [0.05, 0.1) is 16.2 Å². The highest BCUT2D eigenvalue weighted by Crippen LogP contribution is 2.33. The van der Waals surface area contributed by atoms with E-state index in [1.165, 1.54) is 29.6 Å². The minimum Gasteiger partial charge on any atom is -0.235 e. The van der Waals surface area contributed by atoms with E-state index in [9.17, 15) is 13.7 Å². The van der Waals surface area contributed by atoms with Crippen LogP contribution in [0.15, 0.2) is 40.1 Å². The maximum Gasteiger partial charge on any atom is 0.175 e. The number of hydrogen-bond acceptors (Lipinski definition) is 5. The molecular formula is C18H18N2O2S2. The van der Waals surface area contributed by atoms with Gasteiger partial charge in [0, 0.05) is 17.2 Å². The van der Waals surface area contributed by atoms with Crippen LogP contribution in [-0.4, -0.2) is 19.7 Å². The fourth-order valence-electron chi connectivity index (χ4n) is 2.90. The summed E-state index contributed by atoms with van der Waals surface area (Å²) < 4.78 is 23.1. The third-order valence-corrected chi connectivity index (χ3v) is 6.21. The van der Waals surface area contributed by atoms with Gasteiger partial charge in [0.1, 0.15) is 11.1 Å². The maximum atomic E-state index is 11.5. The van der Waals surface area contributed by atoms with Crippen molar-refractivity contribution in [2.75, 3.05) is 6.26 Å². The van der Waals surface area contributed by atoms with E-state index >= 15 is 0 Å². The number of sulfone groups is 1. The van der Waals surface area contributed by atoms with Crippen molar-refractivity contribution >= 4 is 26.7 Å². The lowest BCUT2D eigenvalue weighted by Crippen LogP contribution is -1.97. The van der Waals surface area contributed by atoms with Gasteiger partial charge in [-0.25, -0.2) is 13.4 Å². The van der Waals surface area contributed by atoms with Crippen LogP contribution >= 0.6 is 11.3 Å². The first-order valence-corrected chi connectivity index (χ1v) is 10.6. The smallest absolute Gasteiger partial charge is 0.175 e. The summed E-state index contributed by atoms with van der Waals surface area (Å²) in [6.45, 7) is 0. The third kappa shape index (κ3) is 3.58. The second-order valence-electron chi connectivity index (χ2n) is 5.99. The maximum absolute atomic E-state index is 11.5. The van der Waals surface area contributed by atoms with Crippen molar-refractivity contribution in [3.63, 3.8) is 0 Å². The lowest BCUT2D eigenvalue weighted by Gasteiger charge is -2.14. The Labute approximate surface area is 146 Å². The highest BCUT2D eigenvalue weighted by Gasteiger charge is 2.16. The lowest BCUT2D eigenvalue weighted by molar-refractivity contribution is 0.601. The van der Waals surface area contributed by atoms with E-state index in [0.717, 1.165) is 47.5 Å². The topological polar surface area (TPSA) is 70.8 Å². The van der Waals surface area contributed by atoms with Crippen LogP contribution in [0.1, 0.15) is 37.1 Å². The molecule has 2 aromatic rings. The highest BCUT2D eigenvalue weighted by atomic mass is 32.2. The van der Waals surface area contributed by atoms with Crippen LogP contribution in [0, 0.1) is 11.3 Å². The van der Waals surface area contributed by atoms with E-state index < -0.39 is 9.84 Å². The Kier molecular flexibility index (Phi) is 4.83. The summed E-state index contributed by atoms with van der Waals surface area (Å²) >= 11 is 1.47. The SMILES string of the molecule is CS(=O)(=O)c1ccc(-c2csc(C(C#N)=C3CCCCC3)n2)cc1. The zero-order valence-electron chi connectivity index (χ0n) is 13.4. The normalized spacial score (nSPS) is 15.1. The van der Waals surface area contributed by atoms with Gasteiger partial charge in [0.15, 0.2) is 9.84 Å². The summed E-state index contributed by atoms with van der Waals surface area (Å²) in [4.78, 5) is 4.90. The van der Waals surface area contributed by atoms with Crippen molar-refractivity contribution in [3.8, 4) is 17.3 Å². The molecule has 0 atom stereocenters. The molecule has 1 aliphatic carbocycles. The molecule has 0 unspecified atom stereocenters. The van der Waals surface area contributed by atoms with Crippen LogP contribution in [0.3, 0.4) is 0 Å². The molecule has 1 heterocycles. The van der Waals surface area contributed by atoms with Gasteiger partial charge in [-0.15, -0.1) is 11.3 Å². The van der Waals surface area contributed by atoms with Crippen LogP contribution in [-0.2, 0) is 9.84 Å². The summed E-state index contributed by atoms with van der Waals surface area (Å²) in [6.07, 6.45) is 6.69. The minimum atomic E-state index is -3.20. The molecule has 1 fully saturated rings. The lowest BCUT2D eigenvalue weighted by atomic mass is 9.91. The Morgan fingerprint density at radius 1 is 1.17 bits per heavy atom. The summed E-state index contributed by atoms with van der Waals surface area (Å²) in [5.74, 6) is 0.